The molecule has 2 radical (unpaired) electrons. The van der Waals surface area contributed by atoms with E-state index in [2.05, 4.69) is 160 Å². The average molecular weight is 550 g/mol. The molecule has 0 unspecified atom stereocenters. The third kappa shape index (κ3) is 9.31. The van der Waals surface area contributed by atoms with Gasteiger partial charge in [0.25, 0.3) is 0 Å². The zero-order valence-electron chi connectivity index (χ0n) is 25.4. The SMILES string of the molecule is CCCNC([B]CCCC[B]C(NCCC)=C(c1ccccc1)c1ccccc1)=C(c1ccccc1)c1ccccc1. The molecule has 0 amide bonds. The molecule has 0 bridgehead atoms. The fourth-order valence-corrected chi connectivity index (χ4v) is 5.20. The number of unbranched alkanes of at least 4 members (excludes halogenated alkanes) is 1. The van der Waals surface area contributed by atoms with Gasteiger partial charge in [-0.05, 0) is 57.4 Å². The highest BCUT2D eigenvalue weighted by Crippen LogP contribution is 2.28. The summed E-state index contributed by atoms with van der Waals surface area (Å²) < 4.78 is 0. The summed E-state index contributed by atoms with van der Waals surface area (Å²) in [4.78, 5) is 0. The first-order valence-corrected chi connectivity index (χ1v) is 15.7. The highest BCUT2D eigenvalue weighted by atomic mass is 14.9. The predicted octanol–water partition coefficient (Wildman–Crippen LogP) is 8.85. The molecule has 0 aliphatic carbocycles. The summed E-state index contributed by atoms with van der Waals surface area (Å²) in [6.45, 7) is 6.37. The Morgan fingerprint density at radius 2 is 0.738 bits per heavy atom. The number of hydrogen-bond donors (Lipinski definition) is 2. The largest absolute Gasteiger partial charge is 0.396 e. The van der Waals surface area contributed by atoms with E-state index in [1.807, 2.05) is 0 Å². The quantitative estimate of drug-likeness (QED) is 0.101. The van der Waals surface area contributed by atoms with E-state index in [1.165, 1.54) is 44.6 Å². The maximum absolute atomic E-state index is 3.75. The smallest absolute Gasteiger partial charge is 0.174 e. The Morgan fingerprint density at radius 1 is 0.452 bits per heavy atom. The van der Waals surface area contributed by atoms with Gasteiger partial charge in [0.05, 0.1) is 0 Å². The van der Waals surface area contributed by atoms with Crippen LogP contribution < -0.4 is 10.6 Å². The van der Waals surface area contributed by atoms with Gasteiger partial charge in [0.2, 0.25) is 0 Å². The van der Waals surface area contributed by atoms with Crippen molar-refractivity contribution in [1.82, 2.24) is 10.6 Å². The van der Waals surface area contributed by atoms with Crippen molar-refractivity contribution in [3.8, 4) is 0 Å². The molecule has 0 heterocycles. The van der Waals surface area contributed by atoms with Crippen molar-refractivity contribution >= 4 is 25.7 Å². The summed E-state index contributed by atoms with van der Waals surface area (Å²) in [5.41, 5.74) is 10.0. The van der Waals surface area contributed by atoms with Gasteiger partial charge >= 0.3 is 0 Å². The van der Waals surface area contributed by atoms with E-state index in [0.29, 0.717) is 0 Å². The Hall–Kier alpha value is -3.91. The summed E-state index contributed by atoms with van der Waals surface area (Å²) in [6, 6.07) is 43.1. The van der Waals surface area contributed by atoms with Gasteiger partial charge in [-0.15, -0.1) is 0 Å². The average Bonchev–Trinajstić information content (AvgIpc) is 3.05. The Kier molecular flexibility index (Phi) is 13.2. The zero-order chi connectivity index (χ0) is 29.2. The van der Waals surface area contributed by atoms with Crippen LogP contribution in [0.5, 0.6) is 0 Å². The van der Waals surface area contributed by atoms with Crippen LogP contribution in [-0.4, -0.2) is 27.6 Å². The summed E-state index contributed by atoms with van der Waals surface area (Å²) in [5.74, 6) is 0. The maximum atomic E-state index is 3.75. The molecule has 4 rings (SSSR count). The topological polar surface area (TPSA) is 24.1 Å². The molecule has 0 aromatic heterocycles. The molecule has 0 atom stereocenters. The van der Waals surface area contributed by atoms with Crippen molar-refractivity contribution in [2.75, 3.05) is 13.1 Å². The Bertz CT molecular complexity index is 1180. The third-order valence-corrected chi connectivity index (χ3v) is 7.27. The van der Waals surface area contributed by atoms with Crippen molar-refractivity contribution in [1.29, 1.82) is 0 Å². The van der Waals surface area contributed by atoms with Crippen LogP contribution in [0, 0.1) is 0 Å². The minimum atomic E-state index is 0.960. The minimum absolute atomic E-state index is 0.960. The number of rotatable bonds is 17. The fourth-order valence-electron chi connectivity index (χ4n) is 5.20. The van der Waals surface area contributed by atoms with E-state index in [-0.39, 0.29) is 0 Å². The van der Waals surface area contributed by atoms with Crippen molar-refractivity contribution in [2.45, 2.75) is 52.2 Å². The van der Waals surface area contributed by atoms with Crippen LogP contribution in [0.25, 0.3) is 11.1 Å². The molecule has 0 saturated carbocycles. The first-order valence-electron chi connectivity index (χ1n) is 15.7. The van der Waals surface area contributed by atoms with Crippen LogP contribution in [0.1, 0.15) is 61.8 Å². The second-order valence-electron chi connectivity index (χ2n) is 10.6. The summed E-state index contributed by atoms with van der Waals surface area (Å²) in [7, 11) is 4.83. The van der Waals surface area contributed by atoms with Crippen LogP contribution in [0.3, 0.4) is 0 Å². The molecule has 0 fully saturated rings. The normalized spacial score (nSPS) is 10.4. The molecule has 2 N–H and O–H groups in total. The van der Waals surface area contributed by atoms with Gasteiger partial charge in [0.15, 0.2) is 14.6 Å². The summed E-state index contributed by atoms with van der Waals surface area (Å²) >= 11 is 0. The molecule has 4 heteroatoms. The molecule has 0 aliphatic heterocycles. The minimum Gasteiger partial charge on any atom is -0.396 e. The molecule has 42 heavy (non-hydrogen) atoms. The van der Waals surface area contributed by atoms with Crippen LogP contribution in [-0.2, 0) is 0 Å². The highest BCUT2D eigenvalue weighted by Gasteiger charge is 2.14. The van der Waals surface area contributed by atoms with E-state index in [9.17, 15) is 0 Å². The number of hydrogen-bond acceptors (Lipinski definition) is 2. The van der Waals surface area contributed by atoms with E-state index in [0.717, 1.165) is 51.4 Å². The van der Waals surface area contributed by atoms with Crippen molar-refractivity contribution < 1.29 is 0 Å². The first-order chi connectivity index (χ1) is 20.8. The molecule has 4 aromatic rings. The summed E-state index contributed by atoms with van der Waals surface area (Å²) in [5, 5.41) is 7.50. The Labute approximate surface area is 255 Å². The third-order valence-electron chi connectivity index (χ3n) is 7.27. The van der Waals surface area contributed by atoms with Gasteiger partial charge in [-0.1, -0.05) is 161 Å². The molecular weight excluding hydrogens is 506 g/mol. The second kappa shape index (κ2) is 17.8. The van der Waals surface area contributed by atoms with E-state index < -0.39 is 0 Å². The van der Waals surface area contributed by atoms with Gasteiger partial charge in [-0.2, -0.15) is 0 Å². The Morgan fingerprint density at radius 3 is 1.00 bits per heavy atom. The standard InChI is InChI=1S/C38H44B2N2/c1-3-29-41-37(35(31-19-9-5-10-20-31)32-21-11-6-12-22-32)39-27-17-18-28-40-38(42-30-4-2)36(33-23-13-7-14-24-33)34-25-15-8-16-26-34/h5-16,19-26,41-42H,3-4,17-18,27-30H2,1-2H3. The van der Waals surface area contributed by atoms with Gasteiger partial charge in [0.1, 0.15) is 0 Å². The van der Waals surface area contributed by atoms with Crippen LogP contribution in [0.15, 0.2) is 133 Å². The lowest BCUT2D eigenvalue weighted by Crippen LogP contribution is -2.22. The number of nitrogens with one attached hydrogen (secondary N) is 2. The van der Waals surface area contributed by atoms with Crippen LogP contribution >= 0.6 is 0 Å². The van der Waals surface area contributed by atoms with Crippen molar-refractivity contribution in [3.05, 3.63) is 155 Å². The lowest BCUT2D eigenvalue weighted by atomic mass is 9.63. The van der Waals surface area contributed by atoms with E-state index in [4.69, 9.17) is 0 Å². The van der Waals surface area contributed by atoms with Crippen LogP contribution in [0.4, 0.5) is 0 Å². The molecule has 212 valence electrons. The number of benzene rings is 4. The van der Waals surface area contributed by atoms with Crippen LogP contribution in [0.2, 0.25) is 12.6 Å². The molecule has 0 saturated heterocycles. The fraction of sp³-hybridized carbons (Fsp3) is 0.263. The maximum Gasteiger partial charge on any atom is 0.174 e. The van der Waals surface area contributed by atoms with E-state index in [1.54, 1.807) is 0 Å². The van der Waals surface area contributed by atoms with E-state index >= 15 is 0 Å². The first kappa shape index (κ1) is 31.0. The van der Waals surface area contributed by atoms with Gasteiger partial charge < -0.3 is 10.6 Å². The lowest BCUT2D eigenvalue weighted by molar-refractivity contribution is 0.790. The zero-order valence-corrected chi connectivity index (χ0v) is 25.4. The predicted molar refractivity (Wildman–Crippen MR) is 185 cm³/mol. The van der Waals surface area contributed by atoms with Gasteiger partial charge in [0, 0.05) is 13.1 Å². The highest BCUT2D eigenvalue weighted by molar-refractivity contribution is 6.48. The monoisotopic (exact) mass is 550 g/mol. The lowest BCUT2D eigenvalue weighted by Gasteiger charge is -2.19. The van der Waals surface area contributed by atoms with Gasteiger partial charge in [-0.25, -0.2) is 0 Å². The molecular formula is C38H44B2N2. The molecule has 0 aliphatic rings. The Balaban J connectivity index is 1.47. The van der Waals surface area contributed by atoms with Crippen molar-refractivity contribution in [2.24, 2.45) is 0 Å². The molecule has 2 nitrogen and oxygen atoms in total. The molecule has 4 aromatic carbocycles. The second-order valence-corrected chi connectivity index (χ2v) is 10.6. The summed E-state index contributed by atoms with van der Waals surface area (Å²) in [6.07, 6.45) is 6.53. The van der Waals surface area contributed by atoms with Gasteiger partial charge in [-0.3, -0.25) is 0 Å². The van der Waals surface area contributed by atoms with Crippen molar-refractivity contribution in [3.63, 3.8) is 0 Å². The molecule has 0 spiro atoms.